The van der Waals surface area contributed by atoms with Gasteiger partial charge in [-0.15, -0.1) is 11.6 Å². The van der Waals surface area contributed by atoms with E-state index in [4.69, 9.17) is 21.6 Å². The SMILES string of the molecule is N#Cc1c(F)cccc1OCCCCCCCl. The molecule has 0 aliphatic carbocycles. The zero-order chi connectivity index (χ0) is 12.5. The number of nitriles is 1. The zero-order valence-electron chi connectivity index (χ0n) is 9.59. The van der Waals surface area contributed by atoms with Crippen LogP contribution in [-0.4, -0.2) is 12.5 Å². The second kappa shape index (κ2) is 7.92. The third kappa shape index (κ3) is 4.62. The predicted molar refractivity (Wildman–Crippen MR) is 65.8 cm³/mol. The normalized spacial score (nSPS) is 9.94. The first-order valence-corrected chi connectivity index (χ1v) is 6.20. The third-order valence-electron chi connectivity index (χ3n) is 2.37. The van der Waals surface area contributed by atoms with Crippen LogP contribution in [-0.2, 0) is 0 Å². The fourth-order valence-corrected chi connectivity index (χ4v) is 1.65. The van der Waals surface area contributed by atoms with Crippen molar-refractivity contribution < 1.29 is 9.13 Å². The van der Waals surface area contributed by atoms with Gasteiger partial charge in [-0.05, 0) is 25.0 Å². The van der Waals surface area contributed by atoms with E-state index in [0.29, 0.717) is 18.2 Å². The van der Waals surface area contributed by atoms with E-state index in [1.807, 2.05) is 6.07 Å². The Morgan fingerprint density at radius 1 is 1.24 bits per heavy atom. The number of benzene rings is 1. The summed E-state index contributed by atoms with van der Waals surface area (Å²) in [4.78, 5) is 0. The van der Waals surface area contributed by atoms with Gasteiger partial charge in [-0.1, -0.05) is 18.9 Å². The average molecular weight is 256 g/mol. The molecule has 1 rings (SSSR count). The lowest BCUT2D eigenvalue weighted by Gasteiger charge is -2.07. The summed E-state index contributed by atoms with van der Waals surface area (Å²) in [5.41, 5.74) is -0.0201. The number of nitrogens with zero attached hydrogens (tertiary/aromatic N) is 1. The van der Waals surface area contributed by atoms with Crippen molar-refractivity contribution in [3.63, 3.8) is 0 Å². The maximum absolute atomic E-state index is 13.2. The Kier molecular flexibility index (Phi) is 6.42. The summed E-state index contributed by atoms with van der Waals surface area (Å²) in [5, 5.41) is 8.79. The van der Waals surface area contributed by atoms with Crippen molar-refractivity contribution in [2.75, 3.05) is 12.5 Å². The molecule has 0 saturated heterocycles. The van der Waals surface area contributed by atoms with Gasteiger partial charge in [-0.25, -0.2) is 4.39 Å². The molecule has 0 heterocycles. The molecule has 0 aliphatic rings. The Balaban J connectivity index is 2.37. The summed E-state index contributed by atoms with van der Waals surface area (Å²) in [5.74, 6) is 0.473. The zero-order valence-corrected chi connectivity index (χ0v) is 10.3. The molecule has 0 aromatic heterocycles. The molecule has 4 heteroatoms. The highest BCUT2D eigenvalue weighted by Gasteiger charge is 2.08. The van der Waals surface area contributed by atoms with E-state index in [2.05, 4.69) is 0 Å². The van der Waals surface area contributed by atoms with Gasteiger partial charge in [-0.2, -0.15) is 5.26 Å². The molecule has 1 aromatic carbocycles. The van der Waals surface area contributed by atoms with E-state index >= 15 is 0 Å². The van der Waals surface area contributed by atoms with Crippen molar-refractivity contribution >= 4 is 11.6 Å². The lowest BCUT2D eigenvalue weighted by atomic mass is 10.2. The molecular weight excluding hydrogens is 241 g/mol. The fourth-order valence-electron chi connectivity index (χ4n) is 1.47. The molecule has 1 aromatic rings. The molecule has 0 N–H and O–H groups in total. The van der Waals surface area contributed by atoms with Gasteiger partial charge in [0.25, 0.3) is 0 Å². The predicted octanol–water partition coefficient (Wildman–Crippen LogP) is 3.88. The number of alkyl halides is 1. The van der Waals surface area contributed by atoms with E-state index in [1.165, 1.54) is 6.07 Å². The monoisotopic (exact) mass is 255 g/mol. The van der Waals surface area contributed by atoms with Gasteiger partial charge in [-0.3, -0.25) is 0 Å². The highest BCUT2D eigenvalue weighted by Crippen LogP contribution is 2.20. The van der Waals surface area contributed by atoms with Crippen molar-refractivity contribution in [2.45, 2.75) is 25.7 Å². The Morgan fingerprint density at radius 2 is 2.00 bits per heavy atom. The van der Waals surface area contributed by atoms with E-state index in [0.717, 1.165) is 25.7 Å². The highest BCUT2D eigenvalue weighted by molar-refractivity contribution is 6.17. The highest BCUT2D eigenvalue weighted by atomic mass is 35.5. The number of unbranched alkanes of at least 4 members (excludes halogenated alkanes) is 3. The van der Waals surface area contributed by atoms with Crippen molar-refractivity contribution in [1.82, 2.24) is 0 Å². The van der Waals surface area contributed by atoms with Gasteiger partial charge in [0, 0.05) is 5.88 Å². The van der Waals surface area contributed by atoms with Crippen LogP contribution in [0.3, 0.4) is 0 Å². The number of halogens is 2. The third-order valence-corrected chi connectivity index (χ3v) is 2.64. The minimum atomic E-state index is -0.535. The molecular formula is C13H15ClFNO. The lowest BCUT2D eigenvalue weighted by molar-refractivity contribution is 0.302. The van der Waals surface area contributed by atoms with Gasteiger partial charge in [0.2, 0.25) is 0 Å². The minimum Gasteiger partial charge on any atom is -0.492 e. The van der Waals surface area contributed by atoms with Crippen LogP contribution in [0.4, 0.5) is 4.39 Å². The lowest BCUT2D eigenvalue weighted by Crippen LogP contribution is -2.00. The quantitative estimate of drug-likeness (QED) is 0.547. The molecule has 0 saturated carbocycles. The van der Waals surface area contributed by atoms with Crippen LogP contribution in [0.2, 0.25) is 0 Å². The molecule has 0 amide bonds. The molecule has 0 spiro atoms. The standard InChI is InChI=1S/C13H15ClFNO/c14-8-3-1-2-4-9-17-13-7-5-6-12(15)11(13)10-16/h5-7H,1-4,8-9H2. The van der Waals surface area contributed by atoms with Gasteiger partial charge in [0.1, 0.15) is 23.2 Å². The Morgan fingerprint density at radius 3 is 2.71 bits per heavy atom. The van der Waals surface area contributed by atoms with E-state index in [9.17, 15) is 4.39 Å². The van der Waals surface area contributed by atoms with Crippen molar-refractivity contribution in [1.29, 1.82) is 5.26 Å². The number of rotatable bonds is 7. The van der Waals surface area contributed by atoms with E-state index in [1.54, 1.807) is 12.1 Å². The van der Waals surface area contributed by atoms with Gasteiger partial charge >= 0.3 is 0 Å². The first-order valence-electron chi connectivity index (χ1n) is 5.67. The fraction of sp³-hybridized carbons (Fsp3) is 0.462. The molecule has 0 aliphatic heterocycles. The second-order valence-corrected chi connectivity index (χ2v) is 4.05. The van der Waals surface area contributed by atoms with Crippen LogP contribution in [0.15, 0.2) is 18.2 Å². The molecule has 0 radical (unpaired) electrons. The molecule has 2 nitrogen and oxygen atoms in total. The van der Waals surface area contributed by atoms with Crippen LogP contribution in [0, 0.1) is 17.1 Å². The summed E-state index contributed by atoms with van der Waals surface area (Å²) in [6.07, 6.45) is 3.99. The first-order chi connectivity index (χ1) is 8.29. The number of hydrogen-bond donors (Lipinski definition) is 0. The van der Waals surface area contributed by atoms with Crippen LogP contribution >= 0.6 is 11.6 Å². The Hall–Kier alpha value is -1.27. The van der Waals surface area contributed by atoms with E-state index < -0.39 is 5.82 Å². The summed E-state index contributed by atoms with van der Waals surface area (Å²) in [6.45, 7) is 0.500. The summed E-state index contributed by atoms with van der Waals surface area (Å²) < 4.78 is 18.6. The maximum atomic E-state index is 13.2. The maximum Gasteiger partial charge on any atom is 0.144 e. The van der Waals surface area contributed by atoms with Crippen molar-refractivity contribution in [2.24, 2.45) is 0 Å². The van der Waals surface area contributed by atoms with Crippen LogP contribution in [0.25, 0.3) is 0 Å². The van der Waals surface area contributed by atoms with E-state index in [-0.39, 0.29) is 5.56 Å². The van der Waals surface area contributed by atoms with Gasteiger partial charge in [0.05, 0.1) is 6.61 Å². The molecule has 0 atom stereocenters. The largest absolute Gasteiger partial charge is 0.492 e. The molecule has 92 valence electrons. The number of ether oxygens (including phenoxy) is 1. The van der Waals surface area contributed by atoms with Gasteiger partial charge in [0.15, 0.2) is 0 Å². The molecule has 0 unspecified atom stereocenters. The van der Waals surface area contributed by atoms with Crippen LogP contribution < -0.4 is 4.74 Å². The minimum absolute atomic E-state index is 0.0201. The molecule has 17 heavy (non-hydrogen) atoms. The average Bonchev–Trinajstić information content (AvgIpc) is 2.34. The summed E-state index contributed by atoms with van der Waals surface area (Å²) >= 11 is 5.56. The topological polar surface area (TPSA) is 33.0 Å². The van der Waals surface area contributed by atoms with Crippen molar-refractivity contribution in [3.8, 4) is 11.8 Å². The van der Waals surface area contributed by atoms with Crippen LogP contribution in [0.5, 0.6) is 5.75 Å². The smallest absolute Gasteiger partial charge is 0.144 e. The molecule has 0 bridgehead atoms. The summed E-state index contributed by atoms with van der Waals surface area (Å²) in [6, 6.07) is 6.22. The van der Waals surface area contributed by atoms with Gasteiger partial charge < -0.3 is 4.74 Å². The first kappa shape index (κ1) is 13.8. The van der Waals surface area contributed by atoms with Crippen molar-refractivity contribution in [3.05, 3.63) is 29.6 Å². The van der Waals surface area contributed by atoms with Crippen LogP contribution in [0.1, 0.15) is 31.2 Å². The Labute approximate surface area is 106 Å². The Bertz CT molecular complexity index is 389. The molecule has 0 fully saturated rings. The summed E-state index contributed by atoms with van der Waals surface area (Å²) in [7, 11) is 0. The number of hydrogen-bond acceptors (Lipinski definition) is 2. The second-order valence-electron chi connectivity index (χ2n) is 3.68.